The van der Waals surface area contributed by atoms with Gasteiger partial charge in [-0.2, -0.15) is 0 Å². The van der Waals surface area contributed by atoms with Crippen molar-refractivity contribution in [2.45, 2.75) is 38.1 Å². The molecule has 1 heterocycles. The van der Waals surface area contributed by atoms with E-state index in [0.717, 1.165) is 25.1 Å². The minimum atomic E-state index is 0.687. The minimum absolute atomic E-state index is 0.687. The van der Waals surface area contributed by atoms with Crippen molar-refractivity contribution in [2.75, 3.05) is 13.1 Å². The minimum Gasteiger partial charge on any atom is -0.355 e. The van der Waals surface area contributed by atoms with Gasteiger partial charge in [-0.1, -0.05) is 12.8 Å². The molecule has 1 aliphatic heterocycles. The van der Waals surface area contributed by atoms with Gasteiger partial charge in [0.25, 0.3) is 0 Å². The summed E-state index contributed by atoms with van der Waals surface area (Å²) < 4.78 is 0. The van der Waals surface area contributed by atoms with Crippen LogP contribution < -0.4 is 10.6 Å². The van der Waals surface area contributed by atoms with E-state index in [1.807, 2.05) is 0 Å². The van der Waals surface area contributed by atoms with E-state index in [4.69, 9.17) is 0 Å². The summed E-state index contributed by atoms with van der Waals surface area (Å²) in [6, 6.07) is 0.736. The third-order valence-corrected chi connectivity index (χ3v) is 3.77. The van der Waals surface area contributed by atoms with E-state index in [1.165, 1.54) is 32.1 Å². The van der Waals surface area contributed by atoms with E-state index in [1.54, 1.807) is 0 Å². The lowest BCUT2D eigenvalue weighted by atomic mass is 10.1. The van der Waals surface area contributed by atoms with Crippen LogP contribution >= 0.6 is 0 Å². The van der Waals surface area contributed by atoms with Gasteiger partial charge in [-0.3, -0.25) is 4.99 Å². The standard InChI is InChI=1S/C10H17N3/c1-2-4-10(3-1)7-8(10)13-9-11-5-6-12-9/h8H,1-7H2,(H2,11,12,13). The molecule has 3 heteroatoms. The number of rotatable bonds is 1. The summed E-state index contributed by atoms with van der Waals surface area (Å²) in [4.78, 5) is 4.36. The molecule has 72 valence electrons. The highest BCUT2D eigenvalue weighted by molar-refractivity contribution is 5.82. The Hall–Kier alpha value is -0.730. The summed E-state index contributed by atoms with van der Waals surface area (Å²) in [5.74, 6) is 1.05. The quantitative estimate of drug-likeness (QED) is 0.626. The van der Waals surface area contributed by atoms with Crippen LogP contribution in [-0.2, 0) is 0 Å². The first kappa shape index (κ1) is 7.65. The van der Waals surface area contributed by atoms with Gasteiger partial charge >= 0.3 is 0 Å². The fraction of sp³-hybridized carbons (Fsp3) is 0.900. The maximum absolute atomic E-state index is 4.36. The maximum atomic E-state index is 4.36. The molecule has 0 aromatic carbocycles. The SMILES string of the molecule is C1CCC2(C1)CC2NC1=NCCN1. The molecule has 2 aliphatic carbocycles. The lowest BCUT2D eigenvalue weighted by molar-refractivity contribution is 0.495. The first-order valence-electron chi connectivity index (χ1n) is 5.44. The van der Waals surface area contributed by atoms with E-state index in [-0.39, 0.29) is 0 Å². The topological polar surface area (TPSA) is 36.4 Å². The first-order chi connectivity index (χ1) is 6.39. The molecule has 1 unspecified atom stereocenters. The largest absolute Gasteiger partial charge is 0.355 e. The summed E-state index contributed by atoms with van der Waals surface area (Å²) >= 11 is 0. The molecule has 2 saturated carbocycles. The zero-order valence-electron chi connectivity index (χ0n) is 7.97. The Labute approximate surface area is 79.0 Å². The highest BCUT2D eigenvalue weighted by atomic mass is 15.2. The van der Waals surface area contributed by atoms with Gasteiger partial charge in [0.2, 0.25) is 0 Å². The Morgan fingerprint density at radius 3 is 2.92 bits per heavy atom. The van der Waals surface area contributed by atoms with Crippen LogP contribution in [0.15, 0.2) is 4.99 Å². The van der Waals surface area contributed by atoms with E-state index in [9.17, 15) is 0 Å². The molecule has 0 aromatic heterocycles. The molecule has 1 atom stereocenters. The van der Waals surface area contributed by atoms with E-state index in [0.29, 0.717) is 5.41 Å². The van der Waals surface area contributed by atoms with Gasteiger partial charge in [0.15, 0.2) is 5.96 Å². The number of nitrogens with zero attached hydrogens (tertiary/aromatic N) is 1. The fourth-order valence-electron chi connectivity index (χ4n) is 2.84. The van der Waals surface area contributed by atoms with Crippen molar-refractivity contribution in [3.63, 3.8) is 0 Å². The van der Waals surface area contributed by atoms with Gasteiger partial charge in [-0.25, -0.2) is 0 Å². The highest BCUT2D eigenvalue weighted by Crippen LogP contribution is 2.57. The first-order valence-corrected chi connectivity index (χ1v) is 5.44. The molecule has 13 heavy (non-hydrogen) atoms. The third kappa shape index (κ3) is 1.21. The summed E-state index contributed by atoms with van der Waals surface area (Å²) in [6.45, 7) is 1.96. The van der Waals surface area contributed by atoms with Crippen molar-refractivity contribution in [1.29, 1.82) is 0 Å². The van der Waals surface area contributed by atoms with Gasteiger partial charge in [0.1, 0.15) is 0 Å². The van der Waals surface area contributed by atoms with Gasteiger partial charge in [-0.05, 0) is 24.7 Å². The average Bonchev–Trinajstić information content (AvgIpc) is 2.60. The summed E-state index contributed by atoms with van der Waals surface area (Å²) in [6.07, 6.45) is 7.15. The zero-order valence-corrected chi connectivity index (χ0v) is 7.97. The summed E-state index contributed by atoms with van der Waals surface area (Å²) in [5, 5.41) is 6.80. The number of guanidine groups is 1. The molecule has 3 aliphatic rings. The van der Waals surface area contributed by atoms with Crippen LogP contribution in [0.2, 0.25) is 0 Å². The summed E-state index contributed by atoms with van der Waals surface area (Å²) in [5.41, 5.74) is 0.687. The zero-order chi connectivity index (χ0) is 8.73. The molecule has 2 N–H and O–H groups in total. The third-order valence-electron chi connectivity index (χ3n) is 3.77. The van der Waals surface area contributed by atoms with Crippen molar-refractivity contribution in [3.05, 3.63) is 0 Å². The Balaban J connectivity index is 1.58. The van der Waals surface area contributed by atoms with Gasteiger partial charge < -0.3 is 10.6 Å². The van der Waals surface area contributed by atoms with Crippen molar-refractivity contribution >= 4 is 5.96 Å². The smallest absolute Gasteiger partial charge is 0.191 e. The molecule has 3 rings (SSSR count). The van der Waals surface area contributed by atoms with Crippen LogP contribution in [-0.4, -0.2) is 25.1 Å². The maximum Gasteiger partial charge on any atom is 0.191 e. The lowest BCUT2D eigenvalue weighted by Gasteiger charge is -2.10. The fourth-order valence-corrected chi connectivity index (χ4v) is 2.84. The lowest BCUT2D eigenvalue weighted by Crippen LogP contribution is -2.37. The number of aliphatic imine (C=N–C) groups is 1. The second-order valence-corrected chi connectivity index (χ2v) is 4.63. The number of hydrogen-bond acceptors (Lipinski definition) is 3. The van der Waals surface area contributed by atoms with Crippen LogP contribution in [0, 0.1) is 5.41 Å². The van der Waals surface area contributed by atoms with E-state index < -0.39 is 0 Å². The van der Waals surface area contributed by atoms with E-state index in [2.05, 4.69) is 15.6 Å². The molecule has 3 nitrogen and oxygen atoms in total. The van der Waals surface area contributed by atoms with Crippen LogP contribution in [0.25, 0.3) is 0 Å². The second kappa shape index (κ2) is 2.63. The Morgan fingerprint density at radius 1 is 1.38 bits per heavy atom. The van der Waals surface area contributed by atoms with Crippen LogP contribution in [0.4, 0.5) is 0 Å². The molecule has 2 fully saturated rings. The summed E-state index contributed by atoms with van der Waals surface area (Å²) in [7, 11) is 0. The molecule has 1 spiro atoms. The monoisotopic (exact) mass is 179 g/mol. The molecule has 0 bridgehead atoms. The van der Waals surface area contributed by atoms with Crippen LogP contribution in [0.1, 0.15) is 32.1 Å². The van der Waals surface area contributed by atoms with Crippen LogP contribution in [0.5, 0.6) is 0 Å². The Bertz CT molecular complexity index is 241. The van der Waals surface area contributed by atoms with Crippen molar-refractivity contribution in [3.8, 4) is 0 Å². The van der Waals surface area contributed by atoms with Crippen LogP contribution in [0.3, 0.4) is 0 Å². The molecular weight excluding hydrogens is 162 g/mol. The van der Waals surface area contributed by atoms with Crippen molar-refractivity contribution in [2.24, 2.45) is 10.4 Å². The number of hydrogen-bond donors (Lipinski definition) is 2. The Morgan fingerprint density at radius 2 is 2.23 bits per heavy atom. The second-order valence-electron chi connectivity index (χ2n) is 4.63. The predicted molar refractivity (Wildman–Crippen MR) is 52.7 cm³/mol. The van der Waals surface area contributed by atoms with E-state index >= 15 is 0 Å². The van der Waals surface area contributed by atoms with Gasteiger partial charge in [-0.15, -0.1) is 0 Å². The molecule has 0 aromatic rings. The van der Waals surface area contributed by atoms with Crippen molar-refractivity contribution < 1.29 is 0 Å². The van der Waals surface area contributed by atoms with Gasteiger partial charge in [0, 0.05) is 12.6 Å². The van der Waals surface area contributed by atoms with Crippen molar-refractivity contribution in [1.82, 2.24) is 10.6 Å². The molecule has 0 amide bonds. The average molecular weight is 179 g/mol. The highest BCUT2D eigenvalue weighted by Gasteiger charge is 2.55. The molecule has 0 radical (unpaired) electrons. The predicted octanol–water partition coefficient (Wildman–Crippen LogP) is 0.868. The molecular formula is C10H17N3. The number of nitrogens with one attached hydrogen (secondary N) is 2. The normalized spacial score (nSPS) is 34.5. The Kier molecular flexibility index (Phi) is 1.55. The van der Waals surface area contributed by atoms with Gasteiger partial charge in [0.05, 0.1) is 6.54 Å². The molecule has 0 saturated heterocycles.